The highest BCUT2D eigenvalue weighted by Crippen LogP contribution is 2.23. The molecule has 0 saturated carbocycles. The van der Waals surface area contributed by atoms with E-state index >= 15 is 0 Å². The first-order valence-corrected chi connectivity index (χ1v) is 7.92. The third-order valence-corrected chi connectivity index (χ3v) is 4.92. The fourth-order valence-electron chi connectivity index (χ4n) is 3.28. The molecule has 1 fully saturated rings. The van der Waals surface area contributed by atoms with E-state index in [0.717, 1.165) is 17.2 Å². The summed E-state index contributed by atoms with van der Waals surface area (Å²) in [5, 5.41) is 0. The molecule has 3 rings (SSSR count). The number of benzene rings is 1. The largest absolute Gasteiger partial charge is 0.331 e. The number of imidazole rings is 1. The minimum atomic E-state index is 0.849. The van der Waals surface area contributed by atoms with Crippen molar-refractivity contribution in [2.24, 2.45) is 5.92 Å². The van der Waals surface area contributed by atoms with Gasteiger partial charge in [0, 0.05) is 6.54 Å². The number of aromatic amines is 1. The van der Waals surface area contributed by atoms with Gasteiger partial charge in [-0.2, -0.15) is 0 Å². The van der Waals surface area contributed by atoms with Crippen molar-refractivity contribution in [1.29, 1.82) is 0 Å². The molecule has 1 N–H and O–H groups in total. The number of fused-ring (bicyclic) bond motifs is 1. The molecule has 1 saturated heterocycles. The average molecular weight is 289 g/mol. The Morgan fingerprint density at radius 3 is 2.80 bits per heavy atom. The van der Waals surface area contributed by atoms with Gasteiger partial charge >= 0.3 is 0 Å². The number of hydrogen-bond donors (Lipinski definition) is 1. The monoisotopic (exact) mass is 289 g/mol. The topological polar surface area (TPSA) is 24.0 Å². The molecule has 0 amide bonds. The summed E-state index contributed by atoms with van der Waals surface area (Å²) < 4.78 is 3.15. The van der Waals surface area contributed by atoms with E-state index in [1.807, 2.05) is 0 Å². The van der Waals surface area contributed by atoms with Crippen LogP contribution in [-0.4, -0.2) is 34.6 Å². The molecule has 108 valence electrons. The fourth-order valence-corrected chi connectivity index (χ4v) is 3.57. The predicted octanol–water partition coefficient (Wildman–Crippen LogP) is 3.74. The maximum absolute atomic E-state index is 5.50. The first-order chi connectivity index (χ1) is 9.65. The number of likely N-dealkylation sites (tertiary alicyclic amines) is 1. The Balaban J connectivity index is 1.78. The van der Waals surface area contributed by atoms with E-state index in [-0.39, 0.29) is 0 Å². The van der Waals surface area contributed by atoms with E-state index in [1.165, 1.54) is 48.9 Å². The lowest BCUT2D eigenvalue weighted by Gasteiger charge is -2.29. The highest BCUT2D eigenvalue weighted by molar-refractivity contribution is 7.71. The van der Waals surface area contributed by atoms with Gasteiger partial charge in [-0.05, 0) is 76.1 Å². The molecule has 3 nitrogen and oxygen atoms in total. The van der Waals surface area contributed by atoms with Crippen LogP contribution in [0.25, 0.3) is 11.0 Å². The van der Waals surface area contributed by atoms with Gasteiger partial charge in [0.15, 0.2) is 4.77 Å². The Morgan fingerprint density at radius 1 is 1.30 bits per heavy atom. The van der Waals surface area contributed by atoms with Crippen LogP contribution in [0.3, 0.4) is 0 Å². The smallest absolute Gasteiger partial charge is 0.178 e. The standard InChI is InChI=1S/C16H23N3S/c1-12-4-3-5-14-15(12)19(16(20)17-14)11-8-13-6-9-18(2)10-7-13/h3-5,13H,6-11H2,1-2H3,(H,17,20). The van der Waals surface area contributed by atoms with Crippen molar-refractivity contribution < 1.29 is 0 Å². The minimum absolute atomic E-state index is 0.849. The van der Waals surface area contributed by atoms with Crippen LogP contribution in [0.15, 0.2) is 18.2 Å². The quantitative estimate of drug-likeness (QED) is 0.870. The summed E-state index contributed by atoms with van der Waals surface area (Å²) in [4.78, 5) is 5.76. The van der Waals surface area contributed by atoms with Gasteiger partial charge in [-0.3, -0.25) is 0 Å². The Hall–Kier alpha value is -1.13. The second-order valence-corrected chi connectivity index (χ2v) is 6.47. The van der Waals surface area contributed by atoms with E-state index in [0.29, 0.717) is 0 Å². The normalized spacial score (nSPS) is 17.9. The Bertz CT molecular complexity index is 647. The molecule has 0 atom stereocenters. The molecular formula is C16H23N3S. The fraction of sp³-hybridized carbons (Fsp3) is 0.562. The van der Waals surface area contributed by atoms with Crippen LogP contribution in [0.1, 0.15) is 24.8 Å². The third-order valence-electron chi connectivity index (χ3n) is 4.59. The zero-order chi connectivity index (χ0) is 14.1. The number of aryl methyl sites for hydroxylation is 2. The zero-order valence-corrected chi connectivity index (χ0v) is 13.2. The van der Waals surface area contributed by atoms with Crippen molar-refractivity contribution in [2.75, 3.05) is 20.1 Å². The van der Waals surface area contributed by atoms with Crippen LogP contribution in [0.4, 0.5) is 0 Å². The second kappa shape index (κ2) is 5.70. The highest BCUT2D eigenvalue weighted by atomic mass is 32.1. The van der Waals surface area contributed by atoms with Gasteiger partial charge in [-0.15, -0.1) is 0 Å². The van der Waals surface area contributed by atoms with Gasteiger partial charge in [-0.25, -0.2) is 0 Å². The van der Waals surface area contributed by atoms with Crippen LogP contribution in [0.5, 0.6) is 0 Å². The van der Waals surface area contributed by atoms with Crippen molar-refractivity contribution in [3.05, 3.63) is 28.5 Å². The molecule has 0 spiro atoms. The summed E-state index contributed by atoms with van der Waals surface area (Å²) in [5.41, 5.74) is 3.75. The lowest BCUT2D eigenvalue weighted by atomic mass is 9.94. The van der Waals surface area contributed by atoms with E-state index in [4.69, 9.17) is 12.2 Å². The first-order valence-electron chi connectivity index (χ1n) is 7.52. The van der Waals surface area contributed by atoms with Gasteiger partial charge < -0.3 is 14.5 Å². The predicted molar refractivity (Wildman–Crippen MR) is 86.7 cm³/mol. The summed E-state index contributed by atoms with van der Waals surface area (Å²) in [7, 11) is 2.22. The molecule has 0 aliphatic carbocycles. The summed E-state index contributed by atoms with van der Waals surface area (Å²) in [6.45, 7) is 5.68. The van der Waals surface area contributed by atoms with E-state index in [2.05, 4.69) is 46.6 Å². The van der Waals surface area contributed by atoms with Gasteiger partial charge in [0.2, 0.25) is 0 Å². The molecule has 1 aliphatic rings. The van der Waals surface area contributed by atoms with Crippen molar-refractivity contribution in [3.63, 3.8) is 0 Å². The van der Waals surface area contributed by atoms with Crippen LogP contribution in [0.2, 0.25) is 0 Å². The number of piperidine rings is 1. The molecule has 0 bridgehead atoms. The molecule has 20 heavy (non-hydrogen) atoms. The highest BCUT2D eigenvalue weighted by Gasteiger charge is 2.17. The molecule has 0 radical (unpaired) electrons. The number of hydrogen-bond acceptors (Lipinski definition) is 2. The van der Waals surface area contributed by atoms with Gasteiger partial charge in [0.25, 0.3) is 0 Å². The van der Waals surface area contributed by atoms with E-state index in [9.17, 15) is 0 Å². The van der Waals surface area contributed by atoms with E-state index < -0.39 is 0 Å². The summed E-state index contributed by atoms with van der Waals surface area (Å²) in [6.07, 6.45) is 3.89. The van der Waals surface area contributed by atoms with Gasteiger partial charge in [0.1, 0.15) is 0 Å². The molecule has 1 aromatic heterocycles. The molecule has 2 heterocycles. The number of para-hydroxylation sites is 1. The Morgan fingerprint density at radius 2 is 2.05 bits per heavy atom. The maximum Gasteiger partial charge on any atom is 0.178 e. The van der Waals surface area contributed by atoms with E-state index in [1.54, 1.807) is 0 Å². The van der Waals surface area contributed by atoms with Crippen LogP contribution >= 0.6 is 12.2 Å². The lowest BCUT2D eigenvalue weighted by Crippen LogP contribution is -2.30. The maximum atomic E-state index is 5.50. The molecular weight excluding hydrogens is 266 g/mol. The lowest BCUT2D eigenvalue weighted by molar-refractivity contribution is 0.208. The van der Waals surface area contributed by atoms with Crippen LogP contribution in [-0.2, 0) is 6.54 Å². The van der Waals surface area contributed by atoms with Gasteiger partial charge in [-0.1, -0.05) is 12.1 Å². The number of nitrogens with one attached hydrogen (secondary N) is 1. The Kier molecular flexibility index (Phi) is 3.94. The van der Waals surface area contributed by atoms with Gasteiger partial charge in [0.05, 0.1) is 11.0 Å². The zero-order valence-electron chi connectivity index (χ0n) is 12.4. The average Bonchev–Trinajstić information content (AvgIpc) is 2.75. The molecule has 2 aromatic rings. The molecule has 1 aromatic carbocycles. The number of rotatable bonds is 3. The minimum Gasteiger partial charge on any atom is -0.331 e. The van der Waals surface area contributed by atoms with Crippen LogP contribution < -0.4 is 0 Å². The summed E-state index contributed by atoms with van der Waals surface area (Å²) in [5.74, 6) is 0.849. The molecule has 4 heteroatoms. The van der Waals surface area contributed by atoms with Crippen molar-refractivity contribution >= 4 is 23.3 Å². The summed E-state index contributed by atoms with van der Waals surface area (Å²) in [6, 6.07) is 6.37. The summed E-state index contributed by atoms with van der Waals surface area (Å²) >= 11 is 5.50. The SMILES string of the molecule is Cc1cccc2[nH]c(=S)n(CCC3CCN(C)CC3)c12. The van der Waals surface area contributed by atoms with Crippen LogP contribution in [0, 0.1) is 17.6 Å². The van der Waals surface area contributed by atoms with Crippen molar-refractivity contribution in [1.82, 2.24) is 14.5 Å². The van der Waals surface area contributed by atoms with Crippen molar-refractivity contribution in [2.45, 2.75) is 32.7 Å². The van der Waals surface area contributed by atoms with Crippen molar-refractivity contribution in [3.8, 4) is 0 Å². The number of aromatic nitrogens is 2. The number of nitrogens with zero attached hydrogens (tertiary/aromatic N) is 2. The third kappa shape index (κ3) is 2.67. The number of H-pyrrole nitrogens is 1. The Labute approximate surface area is 125 Å². The second-order valence-electron chi connectivity index (χ2n) is 6.09. The molecule has 1 aliphatic heterocycles. The molecule has 0 unspecified atom stereocenters. The first kappa shape index (κ1) is 13.8.